The number of aliphatic hydroxyl groups is 3. The van der Waals surface area contributed by atoms with Crippen LogP contribution < -0.4 is 0 Å². The van der Waals surface area contributed by atoms with Crippen molar-refractivity contribution in [3.05, 3.63) is 0 Å². The van der Waals surface area contributed by atoms with Crippen molar-refractivity contribution in [1.29, 1.82) is 0 Å². The van der Waals surface area contributed by atoms with Gasteiger partial charge in [-0.15, -0.1) is 0 Å². The third-order valence-electron chi connectivity index (χ3n) is 3.37. The van der Waals surface area contributed by atoms with Gasteiger partial charge in [0, 0.05) is 12.6 Å². The van der Waals surface area contributed by atoms with E-state index in [0.29, 0.717) is 12.6 Å². The Morgan fingerprint density at radius 2 is 1.77 bits per heavy atom. The molecule has 0 saturated carbocycles. The summed E-state index contributed by atoms with van der Waals surface area (Å²) in [6.45, 7) is 2.56. The van der Waals surface area contributed by atoms with Crippen molar-refractivity contribution < 1.29 is 15.3 Å². The molecular weight excluding hydrogens is 170 g/mol. The van der Waals surface area contributed by atoms with Crippen molar-refractivity contribution in [2.24, 2.45) is 0 Å². The Morgan fingerprint density at radius 3 is 2.38 bits per heavy atom. The zero-order valence-electron chi connectivity index (χ0n) is 7.80. The van der Waals surface area contributed by atoms with Gasteiger partial charge in [-0.25, -0.2) is 0 Å². The van der Waals surface area contributed by atoms with Crippen LogP contribution in [-0.2, 0) is 0 Å². The molecule has 0 aromatic carbocycles. The van der Waals surface area contributed by atoms with Crippen molar-refractivity contribution in [2.45, 2.75) is 50.2 Å². The average molecular weight is 187 g/mol. The largest absolute Gasteiger partial charge is 0.391 e. The first-order valence-electron chi connectivity index (χ1n) is 4.91. The molecule has 2 fully saturated rings. The van der Waals surface area contributed by atoms with Gasteiger partial charge in [0.25, 0.3) is 0 Å². The van der Waals surface area contributed by atoms with E-state index in [1.54, 1.807) is 0 Å². The van der Waals surface area contributed by atoms with Gasteiger partial charge in [-0.05, 0) is 19.8 Å². The van der Waals surface area contributed by atoms with E-state index in [-0.39, 0.29) is 6.04 Å². The first kappa shape index (κ1) is 9.40. The summed E-state index contributed by atoms with van der Waals surface area (Å²) >= 11 is 0. The van der Waals surface area contributed by atoms with Crippen molar-refractivity contribution in [3.63, 3.8) is 0 Å². The zero-order valence-corrected chi connectivity index (χ0v) is 7.80. The molecule has 3 N–H and O–H groups in total. The second-order valence-corrected chi connectivity index (χ2v) is 4.24. The Morgan fingerprint density at radius 1 is 1.08 bits per heavy atom. The number of hydrogen-bond donors (Lipinski definition) is 3. The zero-order chi connectivity index (χ0) is 9.59. The summed E-state index contributed by atoms with van der Waals surface area (Å²) < 4.78 is 0. The van der Waals surface area contributed by atoms with E-state index in [9.17, 15) is 15.3 Å². The first-order valence-corrected chi connectivity index (χ1v) is 4.91. The van der Waals surface area contributed by atoms with Crippen molar-refractivity contribution >= 4 is 0 Å². The second kappa shape index (κ2) is 3.20. The van der Waals surface area contributed by atoms with Crippen LogP contribution in [0.3, 0.4) is 0 Å². The minimum atomic E-state index is -0.780. The lowest BCUT2D eigenvalue weighted by Crippen LogP contribution is -2.52. The van der Waals surface area contributed by atoms with Gasteiger partial charge in [-0.2, -0.15) is 0 Å². The molecule has 0 spiro atoms. The van der Waals surface area contributed by atoms with Crippen LogP contribution in [0.2, 0.25) is 0 Å². The van der Waals surface area contributed by atoms with Gasteiger partial charge in [-0.3, -0.25) is 4.90 Å². The maximum absolute atomic E-state index is 9.67. The molecule has 4 nitrogen and oxygen atoms in total. The molecule has 13 heavy (non-hydrogen) atoms. The highest BCUT2D eigenvalue weighted by Crippen LogP contribution is 2.31. The standard InChI is InChI=1S/C9H17NO3/c1-5-2-3-6(11)8-9(13)7(12)4-10(5)8/h5-9,11-13H,2-4H2,1H3/t5-,6+,7+,8+,9+/m0/s1. The van der Waals surface area contributed by atoms with Gasteiger partial charge in [0.1, 0.15) is 0 Å². The van der Waals surface area contributed by atoms with E-state index in [1.165, 1.54) is 0 Å². The van der Waals surface area contributed by atoms with Crippen LogP contribution in [0.15, 0.2) is 0 Å². The van der Waals surface area contributed by atoms with Gasteiger partial charge < -0.3 is 15.3 Å². The smallest absolute Gasteiger partial charge is 0.0991 e. The molecule has 4 heteroatoms. The summed E-state index contributed by atoms with van der Waals surface area (Å²) in [7, 11) is 0. The average Bonchev–Trinajstić information content (AvgIpc) is 2.38. The highest BCUT2D eigenvalue weighted by molar-refractivity contribution is 5.01. The third-order valence-corrected chi connectivity index (χ3v) is 3.37. The number of hydrogen-bond acceptors (Lipinski definition) is 4. The molecular formula is C9H17NO3. The summed E-state index contributed by atoms with van der Waals surface area (Å²) in [5.41, 5.74) is 0. The number of fused-ring (bicyclic) bond motifs is 1. The molecule has 0 radical (unpaired) electrons. The van der Waals surface area contributed by atoms with Crippen LogP contribution in [-0.4, -0.2) is 57.2 Å². The van der Waals surface area contributed by atoms with Gasteiger partial charge in [-0.1, -0.05) is 0 Å². The number of rotatable bonds is 0. The Kier molecular flexibility index (Phi) is 2.32. The monoisotopic (exact) mass is 187 g/mol. The fraction of sp³-hybridized carbons (Fsp3) is 1.00. The van der Waals surface area contributed by atoms with E-state index in [4.69, 9.17) is 0 Å². The molecule has 0 aromatic rings. The molecule has 0 bridgehead atoms. The minimum absolute atomic E-state index is 0.251. The van der Waals surface area contributed by atoms with Crippen LogP contribution in [0.25, 0.3) is 0 Å². The van der Waals surface area contributed by atoms with Gasteiger partial charge in [0.15, 0.2) is 0 Å². The van der Waals surface area contributed by atoms with E-state index in [2.05, 4.69) is 6.92 Å². The van der Waals surface area contributed by atoms with E-state index in [1.807, 2.05) is 4.90 Å². The van der Waals surface area contributed by atoms with Gasteiger partial charge >= 0.3 is 0 Å². The Hall–Kier alpha value is -0.160. The van der Waals surface area contributed by atoms with E-state index in [0.717, 1.165) is 12.8 Å². The highest BCUT2D eigenvalue weighted by atomic mass is 16.3. The number of piperidine rings is 1. The lowest BCUT2D eigenvalue weighted by Gasteiger charge is -2.39. The normalized spacial score (nSPS) is 52.2. The minimum Gasteiger partial charge on any atom is -0.391 e. The fourth-order valence-electron chi connectivity index (χ4n) is 2.54. The molecule has 2 heterocycles. The topological polar surface area (TPSA) is 63.9 Å². The number of aliphatic hydroxyl groups excluding tert-OH is 3. The maximum Gasteiger partial charge on any atom is 0.0991 e. The summed E-state index contributed by atoms with van der Waals surface area (Å²) in [6.07, 6.45) is -0.287. The molecule has 2 aliphatic heterocycles. The van der Waals surface area contributed by atoms with Crippen molar-refractivity contribution in [1.82, 2.24) is 4.90 Å². The van der Waals surface area contributed by atoms with E-state index < -0.39 is 18.3 Å². The fourth-order valence-corrected chi connectivity index (χ4v) is 2.54. The molecule has 76 valence electrons. The SMILES string of the molecule is C[C@H]1CC[C@@H](O)[C@@H]2[C@H](O)[C@H](O)CN21. The third kappa shape index (κ3) is 1.38. The van der Waals surface area contributed by atoms with Gasteiger partial charge in [0.2, 0.25) is 0 Å². The lowest BCUT2D eigenvalue weighted by molar-refractivity contribution is -0.0422. The molecule has 0 unspecified atom stereocenters. The maximum atomic E-state index is 9.67. The van der Waals surface area contributed by atoms with Crippen LogP contribution >= 0.6 is 0 Å². The molecule has 0 amide bonds. The van der Waals surface area contributed by atoms with Crippen LogP contribution in [0.1, 0.15) is 19.8 Å². The first-order chi connectivity index (χ1) is 6.11. The second-order valence-electron chi connectivity index (χ2n) is 4.24. The molecule has 2 aliphatic rings. The predicted octanol–water partition coefficient (Wildman–Crippen LogP) is -1.06. The molecule has 5 atom stereocenters. The molecule has 2 rings (SSSR count). The molecule has 0 aromatic heterocycles. The number of nitrogens with zero attached hydrogens (tertiary/aromatic N) is 1. The van der Waals surface area contributed by atoms with Gasteiger partial charge in [0.05, 0.1) is 24.4 Å². The van der Waals surface area contributed by atoms with E-state index >= 15 is 0 Å². The highest BCUT2D eigenvalue weighted by Gasteiger charge is 2.47. The quantitative estimate of drug-likeness (QED) is 0.452. The molecule has 2 saturated heterocycles. The van der Waals surface area contributed by atoms with Crippen LogP contribution in [0.4, 0.5) is 0 Å². The summed E-state index contributed by atoms with van der Waals surface area (Å²) in [5, 5.41) is 28.8. The van der Waals surface area contributed by atoms with Crippen molar-refractivity contribution in [2.75, 3.05) is 6.54 Å². The van der Waals surface area contributed by atoms with Crippen LogP contribution in [0.5, 0.6) is 0 Å². The Balaban J connectivity index is 2.17. The summed E-state index contributed by atoms with van der Waals surface area (Å²) in [6, 6.07) is 0.110. The predicted molar refractivity (Wildman–Crippen MR) is 47.2 cm³/mol. The molecule has 0 aliphatic carbocycles. The Bertz CT molecular complexity index is 199. The summed E-state index contributed by atoms with van der Waals surface area (Å²) in [5.74, 6) is 0. The Labute approximate surface area is 77.8 Å². The van der Waals surface area contributed by atoms with Crippen LogP contribution in [0, 0.1) is 0 Å². The van der Waals surface area contributed by atoms with Crippen molar-refractivity contribution in [3.8, 4) is 0 Å². The summed E-state index contributed by atoms with van der Waals surface area (Å²) in [4.78, 5) is 2.02. The lowest BCUT2D eigenvalue weighted by atomic mass is 9.93.